The average molecular weight is 335 g/mol. The Morgan fingerprint density at radius 2 is 1.50 bits per heavy atom. The van der Waals surface area contributed by atoms with Crippen LogP contribution in [0, 0.1) is 6.92 Å². The summed E-state index contributed by atoms with van der Waals surface area (Å²) in [5.41, 5.74) is 8.88. The molecule has 1 heteroatoms. The number of aromatic nitrogens is 1. The summed E-state index contributed by atoms with van der Waals surface area (Å²) in [7, 11) is 0. The largest absolute Gasteiger partial charge is 0.255 e. The van der Waals surface area contributed by atoms with Crippen molar-refractivity contribution in [2.45, 2.75) is 26.2 Å². The third-order valence-corrected chi connectivity index (χ3v) is 5.89. The fourth-order valence-corrected chi connectivity index (χ4v) is 4.40. The first-order chi connectivity index (χ1) is 12.6. The number of hydrogen-bond acceptors (Lipinski definition) is 1. The van der Waals surface area contributed by atoms with Crippen LogP contribution in [0.15, 0.2) is 72.9 Å². The maximum atomic E-state index is 4.94. The fraction of sp³-hybridized carbons (Fsp3) is 0.160. The van der Waals surface area contributed by atoms with Gasteiger partial charge in [-0.1, -0.05) is 68.4 Å². The topological polar surface area (TPSA) is 12.9 Å². The van der Waals surface area contributed by atoms with Crippen LogP contribution in [-0.2, 0) is 5.41 Å². The van der Waals surface area contributed by atoms with E-state index >= 15 is 0 Å². The second kappa shape index (κ2) is 5.28. The summed E-state index contributed by atoms with van der Waals surface area (Å²) in [4.78, 5) is 4.94. The minimum absolute atomic E-state index is 0.0444. The lowest BCUT2D eigenvalue weighted by Crippen LogP contribution is -2.15. The van der Waals surface area contributed by atoms with Crippen molar-refractivity contribution < 1.29 is 0 Å². The van der Waals surface area contributed by atoms with Crippen molar-refractivity contribution in [2.75, 3.05) is 0 Å². The molecule has 126 valence electrons. The molecular weight excluding hydrogens is 314 g/mol. The van der Waals surface area contributed by atoms with Crippen LogP contribution < -0.4 is 0 Å². The Balaban J connectivity index is 1.80. The Hall–Kier alpha value is -2.93. The molecule has 0 saturated carbocycles. The number of nitrogens with zero attached hydrogens (tertiary/aromatic N) is 1. The predicted octanol–water partition coefficient (Wildman–Crippen LogP) is 6.52. The van der Waals surface area contributed by atoms with E-state index < -0.39 is 0 Å². The molecule has 0 aliphatic heterocycles. The average Bonchev–Trinajstić information content (AvgIpc) is 2.90. The third kappa shape index (κ3) is 2.00. The van der Waals surface area contributed by atoms with Gasteiger partial charge in [-0.3, -0.25) is 4.98 Å². The van der Waals surface area contributed by atoms with E-state index in [2.05, 4.69) is 87.5 Å². The maximum Gasteiger partial charge on any atom is 0.0749 e. The monoisotopic (exact) mass is 335 g/mol. The molecule has 0 amide bonds. The zero-order valence-electron chi connectivity index (χ0n) is 15.4. The van der Waals surface area contributed by atoms with Crippen LogP contribution in [0.1, 0.15) is 30.5 Å². The van der Waals surface area contributed by atoms with Crippen LogP contribution in [0.2, 0.25) is 0 Å². The quantitative estimate of drug-likeness (QED) is 0.386. The molecule has 1 heterocycles. The predicted molar refractivity (Wildman–Crippen MR) is 109 cm³/mol. The first kappa shape index (κ1) is 15.3. The van der Waals surface area contributed by atoms with Gasteiger partial charge in [-0.05, 0) is 52.1 Å². The summed E-state index contributed by atoms with van der Waals surface area (Å²) in [6, 6.07) is 23.9. The zero-order chi connectivity index (χ0) is 17.9. The summed E-state index contributed by atoms with van der Waals surface area (Å²) in [5.74, 6) is 0. The highest BCUT2D eigenvalue weighted by atomic mass is 14.7. The van der Waals surface area contributed by atoms with E-state index in [1.165, 1.54) is 44.2 Å². The van der Waals surface area contributed by atoms with Crippen molar-refractivity contribution in [3.8, 4) is 22.4 Å². The van der Waals surface area contributed by atoms with E-state index in [9.17, 15) is 0 Å². The Kier molecular flexibility index (Phi) is 3.12. The second-order valence-electron chi connectivity index (χ2n) is 7.76. The molecule has 3 aromatic carbocycles. The number of rotatable bonds is 1. The highest BCUT2D eigenvalue weighted by Crippen LogP contribution is 2.51. The van der Waals surface area contributed by atoms with Crippen LogP contribution in [0.4, 0.5) is 0 Å². The molecule has 0 saturated heterocycles. The minimum Gasteiger partial charge on any atom is -0.255 e. The van der Waals surface area contributed by atoms with Gasteiger partial charge in [-0.25, -0.2) is 0 Å². The molecule has 0 unspecified atom stereocenters. The molecule has 1 aliphatic carbocycles. The van der Waals surface area contributed by atoms with Crippen molar-refractivity contribution in [3.63, 3.8) is 0 Å². The molecule has 1 aromatic heterocycles. The molecule has 1 aliphatic rings. The molecule has 5 rings (SSSR count). The van der Waals surface area contributed by atoms with Gasteiger partial charge in [0.05, 0.1) is 5.69 Å². The van der Waals surface area contributed by atoms with E-state index in [1.54, 1.807) is 0 Å². The van der Waals surface area contributed by atoms with Crippen molar-refractivity contribution in [1.82, 2.24) is 4.98 Å². The standard InChI is InChI=1S/C25H21N/c1-16-20-12-8-7-11-18(20)13-21-23(16)24-22(25(21,2)3)14-19(15-26-24)17-9-5-4-6-10-17/h4-15H,1-3H3. The molecule has 0 radical (unpaired) electrons. The lowest BCUT2D eigenvalue weighted by atomic mass is 9.81. The number of benzene rings is 3. The van der Waals surface area contributed by atoms with Crippen molar-refractivity contribution in [3.05, 3.63) is 89.6 Å². The van der Waals surface area contributed by atoms with Gasteiger partial charge in [-0.2, -0.15) is 0 Å². The summed E-state index contributed by atoms with van der Waals surface area (Å²) >= 11 is 0. The molecule has 4 aromatic rings. The summed E-state index contributed by atoms with van der Waals surface area (Å²) < 4.78 is 0. The van der Waals surface area contributed by atoms with E-state index in [1.807, 2.05) is 6.20 Å². The molecule has 0 atom stereocenters. The Morgan fingerprint density at radius 3 is 2.31 bits per heavy atom. The van der Waals surface area contributed by atoms with Crippen LogP contribution in [0.25, 0.3) is 33.2 Å². The number of pyridine rings is 1. The minimum atomic E-state index is -0.0444. The Bertz CT molecular complexity index is 1150. The highest BCUT2D eigenvalue weighted by molar-refractivity contribution is 5.96. The molecule has 0 bridgehead atoms. The smallest absolute Gasteiger partial charge is 0.0749 e. The number of hydrogen-bond donors (Lipinski definition) is 0. The van der Waals surface area contributed by atoms with E-state index in [4.69, 9.17) is 4.98 Å². The number of fused-ring (bicyclic) bond motifs is 4. The second-order valence-corrected chi connectivity index (χ2v) is 7.76. The normalized spacial score (nSPS) is 14.3. The van der Waals surface area contributed by atoms with Gasteiger partial charge in [0.1, 0.15) is 0 Å². The van der Waals surface area contributed by atoms with Gasteiger partial charge < -0.3 is 0 Å². The van der Waals surface area contributed by atoms with Crippen LogP contribution in [-0.4, -0.2) is 4.98 Å². The molecule has 0 fully saturated rings. The summed E-state index contributed by atoms with van der Waals surface area (Å²) in [6.45, 7) is 6.88. The summed E-state index contributed by atoms with van der Waals surface area (Å²) in [6.07, 6.45) is 2.02. The fourth-order valence-electron chi connectivity index (χ4n) is 4.40. The SMILES string of the molecule is Cc1c2c(cc3ccccc13)C(C)(C)c1cc(-c3ccccc3)cnc1-2. The van der Waals surface area contributed by atoms with Gasteiger partial charge in [0.2, 0.25) is 0 Å². The molecule has 0 spiro atoms. The van der Waals surface area contributed by atoms with Crippen LogP contribution in [0.5, 0.6) is 0 Å². The van der Waals surface area contributed by atoms with Crippen molar-refractivity contribution in [1.29, 1.82) is 0 Å². The lowest BCUT2D eigenvalue weighted by Gasteiger charge is -2.22. The van der Waals surface area contributed by atoms with E-state index in [-0.39, 0.29) is 5.41 Å². The third-order valence-electron chi connectivity index (χ3n) is 5.89. The van der Waals surface area contributed by atoms with Crippen LogP contribution in [0.3, 0.4) is 0 Å². The van der Waals surface area contributed by atoms with Gasteiger partial charge >= 0.3 is 0 Å². The Morgan fingerprint density at radius 1 is 0.769 bits per heavy atom. The van der Waals surface area contributed by atoms with Gasteiger partial charge in [0, 0.05) is 22.7 Å². The molecule has 0 N–H and O–H groups in total. The first-order valence-electron chi connectivity index (χ1n) is 9.16. The number of aryl methyl sites for hydroxylation is 1. The zero-order valence-corrected chi connectivity index (χ0v) is 15.4. The van der Waals surface area contributed by atoms with Crippen LogP contribution >= 0.6 is 0 Å². The molecular formula is C25H21N. The Labute approximate surface area is 154 Å². The van der Waals surface area contributed by atoms with Crippen molar-refractivity contribution >= 4 is 10.8 Å². The van der Waals surface area contributed by atoms with Gasteiger partial charge in [0.15, 0.2) is 0 Å². The first-order valence-corrected chi connectivity index (χ1v) is 9.16. The van der Waals surface area contributed by atoms with E-state index in [0.717, 1.165) is 5.69 Å². The highest BCUT2D eigenvalue weighted by Gasteiger charge is 2.38. The van der Waals surface area contributed by atoms with Gasteiger partial charge in [0.25, 0.3) is 0 Å². The molecule has 26 heavy (non-hydrogen) atoms. The summed E-state index contributed by atoms with van der Waals surface area (Å²) in [5, 5.41) is 2.64. The van der Waals surface area contributed by atoms with E-state index in [0.29, 0.717) is 0 Å². The van der Waals surface area contributed by atoms with Crippen molar-refractivity contribution in [2.24, 2.45) is 0 Å². The maximum absolute atomic E-state index is 4.94. The molecule has 1 nitrogen and oxygen atoms in total. The van der Waals surface area contributed by atoms with Gasteiger partial charge in [-0.15, -0.1) is 0 Å². The lowest BCUT2D eigenvalue weighted by molar-refractivity contribution is 0.660.